The van der Waals surface area contributed by atoms with E-state index >= 15 is 0 Å². The largest absolute Gasteiger partial charge is 0.472 e. The molecule has 0 spiro atoms. The lowest BCUT2D eigenvalue weighted by Crippen LogP contribution is -2.25. The quantitative estimate of drug-likeness (QED) is 0.896. The minimum Gasteiger partial charge on any atom is -0.472 e. The fraction of sp³-hybridized carbons (Fsp3) is 0.200. The van der Waals surface area contributed by atoms with Crippen molar-refractivity contribution in [2.75, 3.05) is 5.32 Å². The predicted molar refractivity (Wildman–Crippen MR) is 73.6 cm³/mol. The second kappa shape index (κ2) is 5.21. The van der Waals surface area contributed by atoms with Gasteiger partial charge in [-0.15, -0.1) is 0 Å². The van der Waals surface area contributed by atoms with Crippen LogP contribution in [0.15, 0.2) is 47.3 Å². The maximum Gasteiger partial charge on any atom is 0.258 e. The second-order valence-electron chi connectivity index (χ2n) is 4.79. The lowest BCUT2D eigenvalue weighted by atomic mass is 10.2. The molecule has 0 bridgehead atoms. The third kappa shape index (κ3) is 2.88. The summed E-state index contributed by atoms with van der Waals surface area (Å²) in [5.41, 5.74) is 1.69. The first-order chi connectivity index (χ1) is 9.72. The summed E-state index contributed by atoms with van der Waals surface area (Å²) in [6.07, 6.45) is 4.95. The monoisotopic (exact) mass is 270 g/mol. The SMILES string of the molecule is O=C(Nc1ccc(C(=O)NC2CC2)cc1)c1ccoc1. The Morgan fingerprint density at radius 1 is 1.00 bits per heavy atom. The third-order valence-corrected chi connectivity index (χ3v) is 3.10. The molecule has 2 aromatic rings. The Kier molecular flexibility index (Phi) is 3.25. The summed E-state index contributed by atoms with van der Waals surface area (Å²) < 4.78 is 4.85. The van der Waals surface area contributed by atoms with E-state index in [9.17, 15) is 9.59 Å². The summed E-state index contributed by atoms with van der Waals surface area (Å²) in [6, 6.07) is 8.74. The van der Waals surface area contributed by atoms with Crippen molar-refractivity contribution in [3.8, 4) is 0 Å². The number of nitrogens with one attached hydrogen (secondary N) is 2. The number of carbonyl (C=O) groups excluding carboxylic acids is 2. The first-order valence-electron chi connectivity index (χ1n) is 6.47. The zero-order valence-corrected chi connectivity index (χ0v) is 10.8. The van der Waals surface area contributed by atoms with Gasteiger partial charge in [-0.05, 0) is 43.2 Å². The van der Waals surface area contributed by atoms with Crippen LogP contribution >= 0.6 is 0 Å². The Morgan fingerprint density at radius 2 is 1.75 bits per heavy atom. The molecule has 1 heterocycles. The van der Waals surface area contributed by atoms with Gasteiger partial charge in [0.2, 0.25) is 0 Å². The minimum absolute atomic E-state index is 0.0692. The highest BCUT2D eigenvalue weighted by atomic mass is 16.3. The van der Waals surface area contributed by atoms with Gasteiger partial charge in [0.1, 0.15) is 6.26 Å². The minimum atomic E-state index is -0.242. The van der Waals surface area contributed by atoms with Crippen LogP contribution in [0.2, 0.25) is 0 Å². The van der Waals surface area contributed by atoms with Crippen LogP contribution in [0.25, 0.3) is 0 Å². The Balaban J connectivity index is 1.63. The number of rotatable bonds is 4. The molecule has 1 fully saturated rings. The van der Waals surface area contributed by atoms with E-state index in [1.165, 1.54) is 12.5 Å². The maximum atomic E-state index is 11.8. The Morgan fingerprint density at radius 3 is 2.35 bits per heavy atom. The van der Waals surface area contributed by atoms with E-state index in [4.69, 9.17) is 4.42 Å². The molecule has 1 saturated carbocycles. The number of benzene rings is 1. The molecule has 1 aromatic heterocycles. The van der Waals surface area contributed by atoms with Gasteiger partial charge in [0.15, 0.2) is 0 Å². The second-order valence-corrected chi connectivity index (χ2v) is 4.79. The van der Waals surface area contributed by atoms with E-state index in [0.717, 1.165) is 12.8 Å². The zero-order valence-electron chi connectivity index (χ0n) is 10.8. The van der Waals surface area contributed by atoms with Crippen molar-refractivity contribution >= 4 is 17.5 Å². The molecule has 1 aliphatic carbocycles. The van der Waals surface area contributed by atoms with E-state index in [-0.39, 0.29) is 11.8 Å². The van der Waals surface area contributed by atoms with Crippen LogP contribution in [0, 0.1) is 0 Å². The molecule has 0 atom stereocenters. The first-order valence-corrected chi connectivity index (χ1v) is 6.47. The summed E-state index contributed by atoms with van der Waals surface area (Å²) in [5.74, 6) is -0.311. The summed E-state index contributed by atoms with van der Waals surface area (Å²) in [5, 5.41) is 5.65. The smallest absolute Gasteiger partial charge is 0.258 e. The van der Waals surface area contributed by atoms with Crippen LogP contribution < -0.4 is 10.6 Å². The number of anilines is 1. The predicted octanol–water partition coefficient (Wildman–Crippen LogP) is 2.42. The molecule has 102 valence electrons. The lowest BCUT2D eigenvalue weighted by Gasteiger charge is -2.06. The molecular formula is C15H14N2O3. The van der Waals surface area contributed by atoms with Crippen LogP contribution in [0.4, 0.5) is 5.69 Å². The molecule has 5 heteroatoms. The topological polar surface area (TPSA) is 71.3 Å². The van der Waals surface area contributed by atoms with Gasteiger partial charge in [0, 0.05) is 17.3 Å². The summed E-state index contributed by atoms with van der Waals surface area (Å²) in [7, 11) is 0. The van der Waals surface area contributed by atoms with Gasteiger partial charge in [-0.3, -0.25) is 9.59 Å². The first kappa shape index (κ1) is 12.5. The van der Waals surface area contributed by atoms with E-state index in [1.807, 2.05) is 0 Å². The normalized spacial score (nSPS) is 13.8. The summed E-state index contributed by atoms with van der Waals surface area (Å²) in [4.78, 5) is 23.6. The molecule has 20 heavy (non-hydrogen) atoms. The zero-order chi connectivity index (χ0) is 13.9. The van der Waals surface area contributed by atoms with E-state index in [1.54, 1.807) is 30.3 Å². The van der Waals surface area contributed by atoms with Gasteiger partial charge >= 0.3 is 0 Å². The molecule has 0 aliphatic heterocycles. The van der Waals surface area contributed by atoms with Gasteiger partial charge in [-0.2, -0.15) is 0 Å². The Bertz CT molecular complexity index is 613. The fourth-order valence-corrected chi connectivity index (χ4v) is 1.80. The van der Waals surface area contributed by atoms with Crippen LogP contribution in [0.5, 0.6) is 0 Å². The molecule has 2 amide bonds. The summed E-state index contributed by atoms with van der Waals surface area (Å²) >= 11 is 0. The third-order valence-electron chi connectivity index (χ3n) is 3.10. The molecule has 3 rings (SSSR count). The highest BCUT2D eigenvalue weighted by molar-refractivity contribution is 6.04. The number of furan rings is 1. The van der Waals surface area contributed by atoms with Gasteiger partial charge in [-0.1, -0.05) is 0 Å². The number of carbonyl (C=O) groups is 2. The average Bonchev–Trinajstić information content (AvgIpc) is 3.08. The van der Waals surface area contributed by atoms with Crippen LogP contribution in [-0.2, 0) is 0 Å². The molecule has 1 aromatic carbocycles. The van der Waals surface area contributed by atoms with E-state index < -0.39 is 0 Å². The van der Waals surface area contributed by atoms with Crippen LogP contribution in [0.1, 0.15) is 33.6 Å². The van der Waals surface area contributed by atoms with Gasteiger partial charge in [0.25, 0.3) is 11.8 Å². The number of amides is 2. The van der Waals surface area contributed by atoms with Crippen molar-refractivity contribution in [3.63, 3.8) is 0 Å². The van der Waals surface area contributed by atoms with Crippen molar-refractivity contribution in [2.24, 2.45) is 0 Å². The fourth-order valence-electron chi connectivity index (χ4n) is 1.80. The Hall–Kier alpha value is -2.56. The number of hydrogen-bond acceptors (Lipinski definition) is 3. The van der Waals surface area contributed by atoms with Gasteiger partial charge in [-0.25, -0.2) is 0 Å². The van der Waals surface area contributed by atoms with Crippen molar-refractivity contribution in [1.82, 2.24) is 5.32 Å². The molecule has 0 radical (unpaired) electrons. The van der Waals surface area contributed by atoms with Crippen LogP contribution in [0.3, 0.4) is 0 Å². The highest BCUT2D eigenvalue weighted by Crippen LogP contribution is 2.19. The average molecular weight is 270 g/mol. The molecule has 1 aliphatic rings. The maximum absolute atomic E-state index is 11.8. The number of hydrogen-bond donors (Lipinski definition) is 2. The van der Waals surface area contributed by atoms with Crippen LogP contribution in [-0.4, -0.2) is 17.9 Å². The van der Waals surface area contributed by atoms with Crippen molar-refractivity contribution in [2.45, 2.75) is 18.9 Å². The molecule has 2 N–H and O–H groups in total. The van der Waals surface area contributed by atoms with Crippen molar-refractivity contribution < 1.29 is 14.0 Å². The van der Waals surface area contributed by atoms with Gasteiger partial charge < -0.3 is 15.1 Å². The van der Waals surface area contributed by atoms with Crippen molar-refractivity contribution in [1.29, 1.82) is 0 Å². The molecular weight excluding hydrogens is 256 g/mol. The molecule has 0 saturated heterocycles. The van der Waals surface area contributed by atoms with E-state index in [2.05, 4.69) is 10.6 Å². The van der Waals surface area contributed by atoms with Crippen molar-refractivity contribution in [3.05, 3.63) is 54.0 Å². The standard InChI is InChI=1S/C15H14N2O3/c18-14(16-13-5-6-13)10-1-3-12(4-2-10)17-15(19)11-7-8-20-9-11/h1-4,7-9,13H,5-6H2,(H,16,18)(H,17,19). The molecule has 0 unspecified atom stereocenters. The summed E-state index contributed by atoms with van der Waals surface area (Å²) in [6.45, 7) is 0. The molecule has 5 nitrogen and oxygen atoms in total. The Labute approximate surface area is 116 Å². The lowest BCUT2D eigenvalue weighted by molar-refractivity contribution is 0.0950. The van der Waals surface area contributed by atoms with Gasteiger partial charge in [0.05, 0.1) is 11.8 Å². The highest BCUT2D eigenvalue weighted by Gasteiger charge is 2.23. The van der Waals surface area contributed by atoms with E-state index in [0.29, 0.717) is 22.9 Å².